The summed E-state index contributed by atoms with van der Waals surface area (Å²) in [6.45, 7) is 4.95. The van der Waals surface area contributed by atoms with E-state index in [9.17, 15) is 49.8 Å². The number of nitrogens with one attached hydrogen (secondary N) is 2. The first-order valence-electron chi connectivity index (χ1n) is 12.6. The lowest BCUT2D eigenvalue weighted by atomic mass is 10.00. The summed E-state index contributed by atoms with van der Waals surface area (Å²) in [5, 5.41) is 14.0. The van der Waals surface area contributed by atoms with Gasteiger partial charge in [0, 0.05) is 30.8 Å². The highest BCUT2D eigenvalue weighted by Crippen LogP contribution is 2.36. The van der Waals surface area contributed by atoms with E-state index in [1.165, 1.54) is 20.8 Å². The molecule has 0 spiro atoms. The molecule has 3 N–H and O–H groups in total. The molecule has 1 unspecified atom stereocenters. The van der Waals surface area contributed by atoms with Gasteiger partial charge in [0.1, 0.15) is 11.9 Å². The van der Waals surface area contributed by atoms with Crippen molar-refractivity contribution in [3.8, 4) is 0 Å². The first-order chi connectivity index (χ1) is 19.0. The van der Waals surface area contributed by atoms with Crippen molar-refractivity contribution in [2.75, 3.05) is 18.4 Å². The number of alkyl halides is 8. The molecule has 0 aliphatic carbocycles. The van der Waals surface area contributed by atoms with Gasteiger partial charge in [-0.05, 0) is 40.2 Å². The fourth-order valence-electron chi connectivity index (χ4n) is 4.07. The normalized spacial score (nSPS) is 19.3. The van der Waals surface area contributed by atoms with E-state index in [0.29, 0.717) is 11.1 Å². The number of halogens is 8. The number of rotatable bonds is 10. The van der Waals surface area contributed by atoms with Crippen LogP contribution in [0.3, 0.4) is 0 Å². The summed E-state index contributed by atoms with van der Waals surface area (Å²) in [4.78, 5) is 33.4. The van der Waals surface area contributed by atoms with Gasteiger partial charge in [-0.3, -0.25) is 14.6 Å². The zero-order valence-electron chi connectivity index (χ0n) is 23.3. The summed E-state index contributed by atoms with van der Waals surface area (Å²) in [5.41, 5.74) is -4.29. The molecule has 8 nitrogen and oxygen atoms in total. The number of anilines is 1. The zero-order valence-corrected chi connectivity index (χ0v) is 24.1. The minimum absolute atomic E-state index is 0.273. The lowest BCUT2D eigenvalue weighted by Gasteiger charge is -2.26. The average molecular weight is 634 g/mol. The fourth-order valence-corrected chi connectivity index (χ4v) is 4.39. The van der Waals surface area contributed by atoms with Gasteiger partial charge in [0.2, 0.25) is 0 Å². The topological polar surface area (TPSA) is 107 Å². The van der Waals surface area contributed by atoms with Crippen LogP contribution in [0.5, 0.6) is 0 Å². The first-order valence-corrected chi connectivity index (χ1v) is 13.1. The molecule has 2 rings (SSSR count). The van der Waals surface area contributed by atoms with Gasteiger partial charge in [-0.25, -0.2) is 13.8 Å². The van der Waals surface area contributed by atoms with E-state index in [1.54, 1.807) is 0 Å². The highest BCUT2D eigenvalue weighted by atomic mass is 32.1. The molecule has 236 valence electrons. The summed E-state index contributed by atoms with van der Waals surface area (Å²) in [5.74, 6) is -6.22. The summed E-state index contributed by atoms with van der Waals surface area (Å²) < 4.78 is 110. The minimum Gasteiger partial charge on any atom is -0.389 e. The molecule has 0 aromatic carbocycles. The second-order valence-corrected chi connectivity index (χ2v) is 11.1. The third-order valence-electron chi connectivity index (χ3n) is 6.23. The van der Waals surface area contributed by atoms with Gasteiger partial charge in [-0.1, -0.05) is 19.1 Å². The van der Waals surface area contributed by atoms with Crippen LogP contribution >= 0.6 is 12.2 Å². The summed E-state index contributed by atoms with van der Waals surface area (Å²) in [7, 11) is 0. The molecule has 1 saturated heterocycles. The van der Waals surface area contributed by atoms with Crippen molar-refractivity contribution >= 4 is 40.4 Å². The average Bonchev–Trinajstić information content (AvgIpc) is 3.13. The molecule has 0 bridgehead atoms. The third kappa shape index (κ3) is 9.28. The Morgan fingerprint density at radius 1 is 1.24 bits per heavy atom. The van der Waals surface area contributed by atoms with Crippen molar-refractivity contribution in [1.29, 1.82) is 0 Å². The van der Waals surface area contributed by atoms with Gasteiger partial charge in [0.25, 0.3) is 17.7 Å². The van der Waals surface area contributed by atoms with Crippen LogP contribution in [0.25, 0.3) is 0 Å². The lowest BCUT2D eigenvalue weighted by molar-refractivity contribution is -0.143. The van der Waals surface area contributed by atoms with Crippen LogP contribution in [0.4, 0.5) is 40.9 Å². The predicted octanol–water partition coefficient (Wildman–Crippen LogP) is 4.54. The maximum atomic E-state index is 14.1. The van der Waals surface area contributed by atoms with Gasteiger partial charge in [0.15, 0.2) is 6.04 Å². The van der Waals surface area contributed by atoms with Gasteiger partial charge in [0.05, 0.1) is 28.3 Å². The number of amides is 2. The Hall–Kier alpha value is -2.95. The third-order valence-corrected chi connectivity index (χ3v) is 6.67. The van der Waals surface area contributed by atoms with Crippen molar-refractivity contribution in [3.63, 3.8) is 0 Å². The van der Waals surface area contributed by atoms with Crippen molar-refractivity contribution in [3.05, 3.63) is 23.4 Å². The monoisotopic (exact) mass is 633 g/mol. The van der Waals surface area contributed by atoms with Crippen LogP contribution in [0.15, 0.2) is 17.3 Å². The highest BCUT2D eigenvalue weighted by Gasteiger charge is 2.48. The van der Waals surface area contributed by atoms with E-state index in [1.807, 2.05) is 5.32 Å². The molecule has 1 aromatic rings. The minimum atomic E-state index is -5.21. The van der Waals surface area contributed by atoms with Crippen LogP contribution in [0.1, 0.15) is 58.6 Å². The second kappa shape index (κ2) is 12.7. The molecule has 3 atom stereocenters. The Morgan fingerprint density at radius 2 is 1.83 bits per heavy atom. The Kier molecular flexibility index (Phi) is 10.7. The summed E-state index contributed by atoms with van der Waals surface area (Å²) >= 11 is 5.19. The maximum absolute atomic E-state index is 14.1. The number of hydrogen-bond donors (Lipinski definition) is 3. The Labute approximate surface area is 241 Å². The van der Waals surface area contributed by atoms with E-state index in [2.05, 4.69) is 15.3 Å². The van der Waals surface area contributed by atoms with E-state index in [0.717, 1.165) is 13.8 Å². The maximum Gasteiger partial charge on any atom is 0.417 e. The quantitative estimate of drug-likeness (QED) is 0.151. The molecule has 1 aliphatic heterocycles. The summed E-state index contributed by atoms with van der Waals surface area (Å²) in [6, 6.07) is -5.07. The molecular weight excluding hydrogens is 602 g/mol. The van der Waals surface area contributed by atoms with Crippen LogP contribution in [-0.2, 0) is 15.8 Å². The van der Waals surface area contributed by atoms with Gasteiger partial charge >= 0.3 is 12.4 Å². The lowest BCUT2D eigenvalue weighted by Crippen LogP contribution is -2.46. The molecule has 1 aliphatic rings. The molecule has 0 saturated carbocycles. The van der Waals surface area contributed by atoms with E-state index in [4.69, 9.17) is 12.2 Å². The van der Waals surface area contributed by atoms with Crippen molar-refractivity contribution in [1.82, 2.24) is 15.2 Å². The number of nitrogens with zero attached hydrogens (tertiary/aromatic N) is 3. The highest BCUT2D eigenvalue weighted by molar-refractivity contribution is 7.81. The van der Waals surface area contributed by atoms with Crippen molar-refractivity contribution < 1.29 is 49.8 Å². The zero-order chi connectivity index (χ0) is 32.4. The number of pyridine rings is 1. The number of aliphatic imine (C=N–C) groups is 1. The number of likely N-dealkylation sites (tertiary alicyclic amines) is 1. The molecule has 17 heteroatoms. The SMILES string of the molecule is CC[C@H](Nc1cc(C(F)(F)F)c(C(=S)C(N=C(C)C(=O)NCC(C)(C)O)C(=O)N2CC(F)(F)C[C@@H]2C)cn1)C(F)(F)F. The molecule has 42 heavy (non-hydrogen) atoms. The number of hydrogen-bond acceptors (Lipinski definition) is 7. The van der Waals surface area contributed by atoms with Crippen molar-refractivity contribution in [2.24, 2.45) is 4.99 Å². The van der Waals surface area contributed by atoms with E-state index >= 15 is 0 Å². The predicted molar refractivity (Wildman–Crippen MR) is 142 cm³/mol. The van der Waals surface area contributed by atoms with Crippen LogP contribution in [0.2, 0.25) is 0 Å². The number of carbonyl (C=O) groups excluding carboxylic acids is 2. The molecule has 0 radical (unpaired) electrons. The molecular formula is C25H31F8N5O3S. The molecule has 2 heterocycles. The van der Waals surface area contributed by atoms with Gasteiger partial charge < -0.3 is 20.6 Å². The number of thiocarbonyl (C=S) groups is 1. The largest absolute Gasteiger partial charge is 0.417 e. The summed E-state index contributed by atoms with van der Waals surface area (Å²) in [6.07, 6.45) is -10.7. The van der Waals surface area contributed by atoms with E-state index in [-0.39, 0.29) is 12.6 Å². The Bertz CT molecular complexity index is 1210. The molecule has 1 aromatic heterocycles. The Balaban J connectivity index is 2.60. The van der Waals surface area contributed by atoms with Crippen LogP contribution in [0, 0.1) is 0 Å². The molecule has 1 fully saturated rings. The number of aliphatic hydroxyl groups is 1. The van der Waals surface area contributed by atoms with Gasteiger partial charge in [-0.2, -0.15) is 26.3 Å². The smallest absolute Gasteiger partial charge is 0.389 e. The Morgan fingerprint density at radius 3 is 2.29 bits per heavy atom. The standard InChI is InChI=1S/C25H31F8N5O3S/c1-6-16(25(31,32)33)37-17-7-15(24(28,29)30)14(9-34-17)19(42)18(21(40)38-11-23(26,27)8-12(38)2)36-13(3)20(39)35-10-22(4,5)41/h7,9,12,16,18,41H,6,8,10-11H2,1-5H3,(H,34,37)(H,35,39)/t12-,16-,18?/m0/s1. The van der Waals surface area contributed by atoms with E-state index < -0.39 is 101 Å². The van der Waals surface area contributed by atoms with Crippen LogP contribution < -0.4 is 10.6 Å². The number of carbonyl (C=O) groups is 2. The van der Waals surface area contributed by atoms with Crippen molar-refractivity contribution in [2.45, 2.75) is 89.5 Å². The van der Waals surface area contributed by atoms with Crippen LogP contribution in [-0.4, -0.2) is 86.3 Å². The second-order valence-electron chi connectivity index (χ2n) is 10.6. The van der Waals surface area contributed by atoms with Gasteiger partial charge in [-0.15, -0.1) is 0 Å². The number of aromatic nitrogens is 1. The first kappa shape index (κ1) is 35.2. The fraction of sp³-hybridized carbons (Fsp3) is 0.640. The molecule has 2 amide bonds.